The lowest BCUT2D eigenvalue weighted by molar-refractivity contribution is -0.131. The first-order chi connectivity index (χ1) is 11.5. The van der Waals surface area contributed by atoms with Crippen LogP contribution in [0.25, 0.3) is 10.9 Å². The fourth-order valence-corrected chi connectivity index (χ4v) is 2.99. The van der Waals surface area contributed by atoms with Gasteiger partial charge in [0.15, 0.2) is 0 Å². The maximum Gasteiger partial charge on any atom is 0.321 e. The van der Waals surface area contributed by atoms with Crippen LogP contribution in [-0.2, 0) is 16.0 Å². The van der Waals surface area contributed by atoms with Crippen molar-refractivity contribution in [3.63, 3.8) is 0 Å². The molecule has 7 nitrogen and oxygen atoms in total. The number of aromatic amines is 1. The summed E-state index contributed by atoms with van der Waals surface area (Å²) in [7, 11) is 0. The number of amides is 4. The van der Waals surface area contributed by atoms with Gasteiger partial charge in [0.1, 0.15) is 0 Å². The highest BCUT2D eigenvalue weighted by atomic mass is 16.2. The van der Waals surface area contributed by atoms with Crippen LogP contribution < -0.4 is 16.0 Å². The second kappa shape index (κ2) is 6.74. The summed E-state index contributed by atoms with van der Waals surface area (Å²) in [5, 5.41) is 8.79. The minimum absolute atomic E-state index is 0.0567. The minimum atomic E-state index is -0.546. The molecule has 4 N–H and O–H groups in total. The number of hydrogen-bond acceptors (Lipinski definition) is 3. The van der Waals surface area contributed by atoms with Crippen LogP contribution in [0.2, 0.25) is 0 Å². The number of para-hydroxylation sites is 1. The highest BCUT2D eigenvalue weighted by Crippen LogP contribution is 2.18. The van der Waals surface area contributed by atoms with Gasteiger partial charge in [0.05, 0.1) is 5.92 Å². The van der Waals surface area contributed by atoms with E-state index in [1.807, 2.05) is 30.5 Å². The number of carbonyl (C=O) groups excluding carboxylic acids is 3. The first kappa shape index (κ1) is 16.0. The topological polar surface area (TPSA) is 103 Å². The lowest BCUT2D eigenvalue weighted by Crippen LogP contribution is -2.57. The van der Waals surface area contributed by atoms with Crippen LogP contribution >= 0.6 is 0 Å². The molecule has 126 valence electrons. The average molecular weight is 328 g/mol. The van der Waals surface area contributed by atoms with E-state index in [9.17, 15) is 14.4 Å². The number of hydrogen-bond donors (Lipinski definition) is 4. The Morgan fingerprint density at radius 1 is 1.25 bits per heavy atom. The molecule has 0 aliphatic carbocycles. The Hall–Kier alpha value is -2.83. The second-order valence-electron chi connectivity index (χ2n) is 6.02. The van der Waals surface area contributed by atoms with Gasteiger partial charge in [-0.15, -0.1) is 0 Å². The zero-order valence-electron chi connectivity index (χ0n) is 13.4. The summed E-state index contributed by atoms with van der Waals surface area (Å²) < 4.78 is 0. The Kier molecular flexibility index (Phi) is 4.50. The fraction of sp³-hybridized carbons (Fsp3) is 0.353. The molecule has 2 unspecified atom stereocenters. The van der Waals surface area contributed by atoms with Crippen LogP contribution in [0.3, 0.4) is 0 Å². The molecular weight excluding hydrogens is 308 g/mol. The predicted molar refractivity (Wildman–Crippen MR) is 89.3 cm³/mol. The summed E-state index contributed by atoms with van der Waals surface area (Å²) in [5.41, 5.74) is 2.21. The molecule has 1 aliphatic heterocycles. The van der Waals surface area contributed by atoms with E-state index in [2.05, 4.69) is 20.9 Å². The van der Waals surface area contributed by atoms with Crippen LogP contribution in [0.4, 0.5) is 4.79 Å². The normalized spacial score (nSPS) is 20.5. The Labute approximate surface area is 139 Å². The number of imide groups is 1. The molecule has 1 aromatic heterocycles. The molecule has 1 aromatic carbocycles. The van der Waals surface area contributed by atoms with E-state index < -0.39 is 17.9 Å². The highest BCUT2D eigenvalue weighted by molar-refractivity contribution is 6.00. The molecule has 0 bridgehead atoms. The molecule has 2 aromatic rings. The van der Waals surface area contributed by atoms with Crippen molar-refractivity contribution in [1.82, 2.24) is 20.9 Å². The summed E-state index contributed by atoms with van der Waals surface area (Å²) >= 11 is 0. The largest absolute Gasteiger partial charge is 0.361 e. The number of nitrogens with one attached hydrogen (secondary N) is 4. The molecule has 2 atom stereocenters. The van der Waals surface area contributed by atoms with E-state index in [1.165, 1.54) is 0 Å². The molecule has 0 spiro atoms. The van der Waals surface area contributed by atoms with Gasteiger partial charge in [-0.1, -0.05) is 18.2 Å². The number of urea groups is 1. The van der Waals surface area contributed by atoms with E-state index in [1.54, 1.807) is 6.92 Å². The third-order valence-electron chi connectivity index (χ3n) is 4.33. The Bertz CT molecular complexity index is 783. The third kappa shape index (κ3) is 3.40. The van der Waals surface area contributed by atoms with Crippen molar-refractivity contribution in [1.29, 1.82) is 0 Å². The lowest BCUT2D eigenvalue weighted by atomic mass is 9.94. The molecule has 4 amide bonds. The Morgan fingerprint density at radius 2 is 2.04 bits per heavy atom. The van der Waals surface area contributed by atoms with Crippen molar-refractivity contribution in [2.75, 3.05) is 6.54 Å². The molecule has 3 rings (SSSR count). The number of carbonyl (C=O) groups is 3. The first-order valence-electron chi connectivity index (χ1n) is 7.97. The summed E-state index contributed by atoms with van der Waals surface area (Å²) in [6, 6.07) is 7.14. The zero-order chi connectivity index (χ0) is 17.1. The van der Waals surface area contributed by atoms with Crippen molar-refractivity contribution in [3.05, 3.63) is 36.0 Å². The highest BCUT2D eigenvalue weighted by Gasteiger charge is 2.33. The standard InChI is InChI=1S/C17H20N4O3/c1-10-13(16(23)21-17(24)20-10)8-15(22)18-7-6-11-9-19-14-5-3-2-4-12(11)14/h2-5,9-10,13,19H,6-8H2,1H3,(H,18,22)(H2,20,21,23,24). The fourth-order valence-electron chi connectivity index (χ4n) is 2.99. The van der Waals surface area contributed by atoms with Gasteiger partial charge < -0.3 is 15.6 Å². The van der Waals surface area contributed by atoms with Crippen LogP contribution in [0, 0.1) is 5.92 Å². The van der Waals surface area contributed by atoms with E-state index in [4.69, 9.17) is 0 Å². The lowest BCUT2D eigenvalue weighted by Gasteiger charge is -2.28. The molecule has 1 aliphatic rings. The second-order valence-corrected chi connectivity index (χ2v) is 6.02. The average Bonchev–Trinajstić information content (AvgIpc) is 2.94. The molecule has 2 heterocycles. The molecule has 1 saturated heterocycles. The zero-order valence-corrected chi connectivity index (χ0v) is 13.4. The maximum absolute atomic E-state index is 12.1. The number of aromatic nitrogens is 1. The number of rotatable bonds is 5. The van der Waals surface area contributed by atoms with E-state index >= 15 is 0 Å². The summed E-state index contributed by atoms with van der Waals surface area (Å²) in [6.45, 7) is 2.22. The monoisotopic (exact) mass is 328 g/mol. The van der Waals surface area contributed by atoms with Gasteiger partial charge >= 0.3 is 6.03 Å². The molecule has 1 fully saturated rings. The van der Waals surface area contributed by atoms with Gasteiger partial charge in [-0.2, -0.15) is 0 Å². The van der Waals surface area contributed by atoms with Crippen LogP contribution in [0.1, 0.15) is 18.9 Å². The Morgan fingerprint density at radius 3 is 2.83 bits per heavy atom. The Balaban J connectivity index is 1.51. The maximum atomic E-state index is 12.1. The molecule has 24 heavy (non-hydrogen) atoms. The van der Waals surface area contributed by atoms with Crippen molar-refractivity contribution in [3.8, 4) is 0 Å². The van der Waals surface area contributed by atoms with Crippen molar-refractivity contribution >= 4 is 28.7 Å². The van der Waals surface area contributed by atoms with Crippen LogP contribution in [0.5, 0.6) is 0 Å². The summed E-state index contributed by atoms with van der Waals surface area (Å²) in [5.74, 6) is -1.15. The van der Waals surface area contributed by atoms with Crippen LogP contribution in [-0.4, -0.2) is 35.4 Å². The molecular formula is C17H20N4O3. The predicted octanol–water partition coefficient (Wildman–Crippen LogP) is 1.06. The van der Waals surface area contributed by atoms with Gasteiger partial charge in [-0.3, -0.25) is 14.9 Å². The van der Waals surface area contributed by atoms with Crippen molar-refractivity contribution in [2.24, 2.45) is 5.92 Å². The van der Waals surface area contributed by atoms with Crippen LogP contribution in [0.15, 0.2) is 30.5 Å². The van der Waals surface area contributed by atoms with Gasteiger partial charge in [0, 0.05) is 36.1 Å². The van der Waals surface area contributed by atoms with Crippen molar-refractivity contribution in [2.45, 2.75) is 25.8 Å². The summed E-state index contributed by atoms with van der Waals surface area (Å²) in [4.78, 5) is 38.2. The number of H-pyrrole nitrogens is 1. The van der Waals surface area contributed by atoms with E-state index in [-0.39, 0.29) is 18.4 Å². The first-order valence-corrected chi connectivity index (χ1v) is 7.97. The van der Waals surface area contributed by atoms with E-state index in [0.29, 0.717) is 13.0 Å². The van der Waals surface area contributed by atoms with Gasteiger partial charge in [-0.25, -0.2) is 4.79 Å². The van der Waals surface area contributed by atoms with Gasteiger partial charge in [-0.05, 0) is 25.0 Å². The van der Waals surface area contributed by atoms with Gasteiger partial charge in [0.2, 0.25) is 11.8 Å². The molecule has 7 heteroatoms. The molecule has 0 saturated carbocycles. The third-order valence-corrected chi connectivity index (χ3v) is 4.33. The number of fused-ring (bicyclic) bond motifs is 1. The molecule has 0 radical (unpaired) electrons. The van der Waals surface area contributed by atoms with E-state index in [0.717, 1.165) is 16.5 Å². The van der Waals surface area contributed by atoms with Gasteiger partial charge in [0.25, 0.3) is 0 Å². The SMILES string of the molecule is CC1NC(=O)NC(=O)C1CC(=O)NCCc1c[nH]c2ccccc12. The number of benzene rings is 1. The minimum Gasteiger partial charge on any atom is -0.361 e. The summed E-state index contributed by atoms with van der Waals surface area (Å²) in [6.07, 6.45) is 2.71. The smallest absolute Gasteiger partial charge is 0.321 e. The quantitative estimate of drug-likeness (QED) is 0.660. The van der Waals surface area contributed by atoms with Crippen molar-refractivity contribution < 1.29 is 14.4 Å².